The molecule has 2 aromatic carbocycles. The quantitative estimate of drug-likeness (QED) is 0.706. The van der Waals surface area contributed by atoms with Gasteiger partial charge in [0.25, 0.3) is 0 Å². The monoisotopic (exact) mass is 359 g/mol. The van der Waals surface area contributed by atoms with Crippen LogP contribution in [0.25, 0.3) is 0 Å². The SMILES string of the molecule is O=C(c1ccccc1)[C@@H](c1ccccc1)[NH+]1CCN(c2ncccn2)CC1. The van der Waals surface area contributed by atoms with Gasteiger partial charge in [0.2, 0.25) is 11.7 Å². The Bertz CT molecular complexity index is 863. The summed E-state index contributed by atoms with van der Waals surface area (Å²) in [5.74, 6) is 0.948. The van der Waals surface area contributed by atoms with Gasteiger partial charge in [-0.1, -0.05) is 60.7 Å². The van der Waals surface area contributed by atoms with Gasteiger partial charge in [-0.25, -0.2) is 9.97 Å². The van der Waals surface area contributed by atoms with Crippen LogP contribution in [-0.4, -0.2) is 41.9 Å². The number of quaternary nitrogens is 1. The number of nitrogens with one attached hydrogen (secondary N) is 1. The molecule has 1 fully saturated rings. The molecule has 27 heavy (non-hydrogen) atoms. The van der Waals surface area contributed by atoms with Gasteiger partial charge in [0, 0.05) is 23.5 Å². The fourth-order valence-corrected chi connectivity index (χ4v) is 3.72. The zero-order chi connectivity index (χ0) is 18.5. The Balaban J connectivity index is 1.56. The van der Waals surface area contributed by atoms with Crippen molar-refractivity contribution in [2.75, 3.05) is 31.1 Å². The van der Waals surface area contributed by atoms with E-state index in [1.165, 1.54) is 4.90 Å². The lowest BCUT2D eigenvalue weighted by Crippen LogP contribution is -3.15. The fraction of sp³-hybridized carbons (Fsp3) is 0.227. The van der Waals surface area contributed by atoms with Gasteiger partial charge >= 0.3 is 0 Å². The first-order valence-corrected chi connectivity index (χ1v) is 9.33. The Hall–Kier alpha value is -3.05. The van der Waals surface area contributed by atoms with E-state index < -0.39 is 0 Å². The Morgan fingerprint density at radius 2 is 1.44 bits per heavy atom. The standard InChI is InChI=1S/C22H22N4O/c27-21(19-10-5-2-6-11-19)20(18-8-3-1-4-9-18)25-14-16-26(17-15-25)22-23-12-7-13-24-22/h1-13,20H,14-17H2/p+1/t20-/m1/s1. The summed E-state index contributed by atoms with van der Waals surface area (Å²) in [6.45, 7) is 3.42. The van der Waals surface area contributed by atoms with Crippen LogP contribution in [0.1, 0.15) is 22.0 Å². The molecule has 1 N–H and O–H groups in total. The number of carbonyl (C=O) groups is 1. The van der Waals surface area contributed by atoms with Gasteiger partial charge < -0.3 is 9.80 Å². The van der Waals surface area contributed by atoms with E-state index in [2.05, 4.69) is 27.0 Å². The second kappa shape index (κ2) is 8.10. The van der Waals surface area contributed by atoms with Crippen molar-refractivity contribution in [3.63, 3.8) is 0 Å². The van der Waals surface area contributed by atoms with Crippen LogP contribution in [0.4, 0.5) is 5.95 Å². The number of aromatic nitrogens is 2. The van der Waals surface area contributed by atoms with Gasteiger partial charge in [0.05, 0.1) is 26.2 Å². The van der Waals surface area contributed by atoms with E-state index in [4.69, 9.17) is 0 Å². The minimum atomic E-state index is -0.188. The third kappa shape index (κ3) is 3.88. The molecule has 0 aliphatic carbocycles. The topological polar surface area (TPSA) is 50.5 Å². The van der Waals surface area contributed by atoms with Gasteiger partial charge in [0.1, 0.15) is 0 Å². The van der Waals surface area contributed by atoms with Gasteiger partial charge in [0.15, 0.2) is 6.04 Å². The molecular formula is C22H23N4O+. The maximum atomic E-state index is 13.3. The molecule has 1 atom stereocenters. The maximum absolute atomic E-state index is 13.3. The number of carbonyl (C=O) groups excluding carboxylic acids is 1. The van der Waals surface area contributed by atoms with Crippen molar-refractivity contribution in [3.05, 3.63) is 90.3 Å². The summed E-state index contributed by atoms with van der Waals surface area (Å²) in [7, 11) is 0. The molecule has 5 heteroatoms. The first kappa shape index (κ1) is 17.4. The van der Waals surface area contributed by atoms with Crippen LogP contribution in [0.3, 0.4) is 0 Å². The van der Waals surface area contributed by atoms with Crippen LogP contribution in [0, 0.1) is 0 Å². The highest BCUT2D eigenvalue weighted by Crippen LogP contribution is 2.17. The molecule has 136 valence electrons. The lowest BCUT2D eigenvalue weighted by molar-refractivity contribution is -0.922. The molecular weight excluding hydrogens is 336 g/mol. The van der Waals surface area contributed by atoms with E-state index in [1.807, 2.05) is 54.6 Å². The molecule has 0 amide bonds. The zero-order valence-corrected chi connectivity index (χ0v) is 15.2. The summed E-state index contributed by atoms with van der Waals surface area (Å²) < 4.78 is 0. The van der Waals surface area contributed by atoms with E-state index in [0.717, 1.165) is 43.3 Å². The van der Waals surface area contributed by atoms with Crippen molar-refractivity contribution < 1.29 is 9.69 Å². The molecule has 0 unspecified atom stereocenters. The predicted molar refractivity (Wildman–Crippen MR) is 105 cm³/mol. The van der Waals surface area contributed by atoms with Crippen molar-refractivity contribution in [2.24, 2.45) is 0 Å². The van der Waals surface area contributed by atoms with E-state index in [9.17, 15) is 4.79 Å². The van der Waals surface area contributed by atoms with Crippen LogP contribution < -0.4 is 9.80 Å². The van der Waals surface area contributed by atoms with Crippen molar-refractivity contribution in [1.82, 2.24) is 9.97 Å². The van der Waals surface area contributed by atoms with E-state index in [1.54, 1.807) is 12.4 Å². The highest BCUT2D eigenvalue weighted by atomic mass is 16.1. The van der Waals surface area contributed by atoms with Gasteiger partial charge in [-0.3, -0.25) is 4.79 Å². The average molecular weight is 359 g/mol. The Morgan fingerprint density at radius 3 is 2.07 bits per heavy atom. The van der Waals surface area contributed by atoms with Crippen molar-refractivity contribution in [3.8, 4) is 0 Å². The van der Waals surface area contributed by atoms with E-state index in [0.29, 0.717) is 0 Å². The van der Waals surface area contributed by atoms with Crippen LogP contribution in [0.2, 0.25) is 0 Å². The van der Waals surface area contributed by atoms with Gasteiger partial charge in [-0.15, -0.1) is 0 Å². The highest BCUT2D eigenvalue weighted by molar-refractivity contribution is 5.99. The Morgan fingerprint density at radius 1 is 0.852 bits per heavy atom. The molecule has 0 spiro atoms. The largest absolute Gasteiger partial charge is 0.330 e. The molecule has 1 aliphatic heterocycles. The lowest BCUT2D eigenvalue weighted by Gasteiger charge is -2.36. The maximum Gasteiger partial charge on any atom is 0.225 e. The Kier molecular flexibility index (Phi) is 5.21. The number of benzene rings is 2. The smallest absolute Gasteiger partial charge is 0.225 e. The minimum Gasteiger partial charge on any atom is -0.330 e. The van der Waals surface area contributed by atoms with Gasteiger partial charge in [-0.2, -0.15) is 0 Å². The lowest BCUT2D eigenvalue weighted by atomic mass is 9.95. The second-order valence-corrected chi connectivity index (χ2v) is 6.77. The molecule has 0 radical (unpaired) electrons. The normalized spacial score (nSPS) is 16.1. The van der Waals surface area contributed by atoms with Crippen LogP contribution in [0.15, 0.2) is 79.1 Å². The number of nitrogens with zero attached hydrogens (tertiary/aromatic N) is 3. The first-order chi connectivity index (χ1) is 13.3. The number of anilines is 1. The third-order valence-electron chi connectivity index (χ3n) is 5.10. The van der Waals surface area contributed by atoms with Gasteiger partial charge in [-0.05, 0) is 6.07 Å². The van der Waals surface area contributed by atoms with Crippen LogP contribution in [0.5, 0.6) is 0 Å². The number of hydrogen-bond donors (Lipinski definition) is 1. The van der Waals surface area contributed by atoms with Crippen molar-refractivity contribution in [2.45, 2.75) is 6.04 Å². The fourth-order valence-electron chi connectivity index (χ4n) is 3.72. The number of ketones is 1. The van der Waals surface area contributed by atoms with Crippen molar-refractivity contribution in [1.29, 1.82) is 0 Å². The predicted octanol–water partition coefficient (Wildman–Crippen LogP) is 1.81. The minimum absolute atomic E-state index is 0.182. The van der Waals surface area contributed by atoms with Crippen LogP contribution in [-0.2, 0) is 0 Å². The molecule has 5 nitrogen and oxygen atoms in total. The summed E-state index contributed by atoms with van der Waals surface area (Å²) in [5, 5.41) is 0. The summed E-state index contributed by atoms with van der Waals surface area (Å²) in [5.41, 5.74) is 1.85. The summed E-state index contributed by atoms with van der Waals surface area (Å²) in [6, 6.07) is 21.4. The summed E-state index contributed by atoms with van der Waals surface area (Å²) in [4.78, 5) is 25.5. The second-order valence-electron chi connectivity index (χ2n) is 6.77. The number of hydrogen-bond acceptors (Lipinski definition) is 4. The molecule has 3 aromatic rings. The zero-order valence-electron chi connectivity index (χ0n) is 15.2. The summed E-state index contributed by atoms with van der Waals surface area (Å²) >= 11 is 0. The Labute approximate surface area is 159 Å². The summed E-state index contributed by atoms with van der Waals surface area (Å²) in [6.07, 6.45) is 3.54. The molecule has 2 heterocycles. The van der Waals surface area contributed by atoms with Crippen LogP contribution >= 0.6 is 0 Å². The number of Topliss-reactive ketones (excluding diaryl/α,β-unsaturated/α-hetero) is 1. The van der Waals surface area contributed by atoms with E-state index in [-0.39, 0.29) is 11.8 Å². The molecule has 1 aromatic heterocycles. The molecule has 0 saturated carbocycles. The highest BCUT2D eigenvalue weighted by Gasteiger charge is 2.35. The molecule has 0 bridgehead atoms. The first-order valence-electron chi connectivity index (χ1n) is 9.33. The molecule has 1 saturated heterocycles. The van der Waals surface area contributed by atoms with E-state index >= 15 is 0 Å². The molecule has 1 aliphatic rings. The average Bonchev–Trinajstić information content (AvgIpc) is 2.76. The van der Waals surface area contributed by atoms with Crippen molar-refractivity contribution >= 4 is 11.7 Å². The molecule has 4 rings (SSSR count). The third-order valence-corrected chi connectivity index (χ3v) is 5.10. The number of rotatable bonds is 5. The number of piperazine rings is 1.